The van der Waals surface area contributed by atoms with Crippen molar-refractivity contribution in [2.75, 3.05) is 16.4 Å². The minimum atomic E-state index is -4.99. The summed E-state index contributed by atoms with van der Waals surface area (Å²) < 4.78 is 56.7. The monoisotopic (exact) mass is 811 g/mol. The Morgan fingerprint density at radius 2 is 1.60 bits per heavy atom. The number of nitrogens with zero attached hydrogens (tertiary/aromatic N) is 5. The lowest BCUT2D eigenvalue weighted by atomic mass is 10.1. The molecule has 0 aliphatic rings. The summed E-state index contributed by atoms with van der Waals surface area (Å²) in [4.78, 5) is 13.0. The standard InChI is InChI=1S/C29H26ClN7O11S4/c1-2-3-11-51(41)21-9-7-17(8-10-21)36-37-25-23(52(42,43)44)13-16-12-20(50-48-46-40)15-22(24(16)26(25)38)32-29-34-27(30)33-28(35-29)31-18-5-4-6-19(14-18)49-47-45-39/h4-10,12-15,38-40H,2-3,11H2,1H3,(H,42,43,44)(H2,31,32,33,34,35). The van der Waals surface area contributed by atoms with Crippen LogP contribution in [-0.4, -0.2) is 53.5 Å². The van der Waals surface area contributed by atoms with E-state index >= 15 is 0 Å². The lowest BCUT2D eigenvalue weighted by molar-refractivity contribution is -0.432. The third kappa shape index (κ3) is 10.3. The van der Waals surface area contributed by atoms with Crippen molar-refractivity contribution in [3.63, 3.8) is 0 Å². The van der Waals surface area contributed by atoms with E-state index in [1.807, 2.05) is 6.92 Å². The molecule has 0 radical (unpaired) electrons. The van der Waals surface area contributed by atoms with Crippen LogP contribution in [0.5, 0.6) is 5.75 Å². The van der Waals surface area contributed by atoms with E-state index in [1.165, 1.54) is 24.3 Å². The number of aromatic nitrogens is 3. The van der Waals surface area contributed by atoms with Crippen LogP contribution in [0.4, 0.5) is 34.6 Å². The number of anilines is 4. The van der Waals surface area contributed by atoms with Gasteiger partial charge in [0.15, 0.2) is 5.75 Å². The van der Waals surface area contributed by atoms with Gasteiger partial charge in [0, 0.05) is 31.5 Å². The molecule has 0 aliphatic carbocycles. The minimum absolute atomic E-state index is 0.0246. The summed E-state index contributed by atoms with van der Waals surface area (Å²) in [6.45, 7) is 2.00. The molecule has 0 fully saturated rings. The van der Waals surface area contributed by atoms with E-state index in [-0.39, 0.29) is 44.2 Å². The molecule has 6 N–H and O–H groups in total. The maximum atomic E-state index is 12.5. The maximum absolute atomic E-state index is 12.5. The van der Waals surface area contributed by atoms with Gasteiger partial charge in [0.25, 0.3) is 10.1 Å². The van der Waals surface area contributed by atoms with Crippen LogP contribution in [0, 0.1) is 0 Å². The summed E-state index contributed by atoms with van der Waals surface area (Å²) >= 11 is 7.45. The van der Waals surface area contributed by atoms with Crippen molar-refractivity contribution < 1.29 is 51.5 Å². The fraction of sp³-hybridized carbons (Fsp3) is 0.138. The summed E-state index contributed by atoms with van der Waals surface area (Å²) in [6, 6.07) is 16.7. The van der Waals surface area contributed by atoms with Gasteiger partial charge in [-0.1, -0.05) is 29.5 Å². The van der Waals surface area contributed by atoms with Gasteiger partial charge < -0.3 is 15.7 Å². The average molecular weight is 812 g/mol. The molecule has 274 valence electrons. The van der Waals surface area contributed by atoms with E-state index in [1.54, 1.807) is 36.4 Å². The number of phenols is 1. The quantitative estimate of drug-likeness (QED) is 0.0170. The molecule has 5 rings (SSSR count). The topological polar surface area (TPSA) is 256 Å². The van der Waals surface area contributed by atoms with Gasteiger partial charge in [-0.2, -0.15) is 28.5 Å². The molecule has 0 bridgehead atoms. The number of phenolic OH excluding ortho intramolecular Hbond substituents is 1. The Bertz CT molecular complexity index is 2220. The molecule has 5 aromatic rings. The second-order valence-electron chi connectivity index (χ2n) is 10.2. The van der Waals surface area contributed by atoms with Crippen LogP contribution in [0.25, 0.3) is 10.8 Å². The maximum Gasteiger partial charge on any atom is 0.296 e. The summed E-state index contributed by atoms with van der Waals surface area (Å²) in [5.41, 5.74) is 0.161. The number of hydrogen-bond donors (Lipinski definition) is 6. The lowest BCUT2D eigenvalue weighted by Crippen LogP contribution is -2.05. The highest BCUT2D eigenvalue weighted by Gasteiger charge is 2.25. The number of halogens is 1. The van der Waals surface area contributed by atoms with Gasteiger partial charge >= 0.3 is 0 Å². The summed E-state index contributed by atoms with van der Waals surface area (Å²) in [5.74, 6) is -0.393. The smallest absolute Gasteiger partial charge is 0.296 e. The zero-order valence-corrected chi connectivity index (χ0v) is 30.4. The molecule has 1 atom stereocenters. The fourth-order valence-corrected chi connectivity index (χ4v) is 7.42. The van der Waals surface area contributed by atoms with Crippen LogP contribution in [0.15, 0.2) is 96.5 Å². The Hall–Kier alpha value is -4.04. The molecule has 52 heavy (non-hydrogen) atoms. The summed E-state index contributed by atoms with van der Waals surface area (Å²) in [5, 5.41) is 49.7. The fourth-order valence-electron chi connectivity index (χ4n) is 4.51. The van der Waals surface area contributed by atoms with Crippen LogP contribution in [0.1, 0.15) is 19.8 Å². The lowest BCUT2D eigenvalue weighted by Gasteiger charge is -2.15. The SMILES string of the molecule is CCCCS(=O)c1ccc(N=Nc2c(S(=O)(=O)O)cc3cc(SOOO)cc(Nc4nc(Cl)nc(Nc5cccc(SOOO)c5)n4)c3c2O)cc1. The first-order valence-electron chi connectivity index (χ1n) is 14.6. The van der Waals surface area contributed by atoms with Gasteiger partial charge in [0.1, 0.15) is 10.6 Å². The Morgan fingerprint density at radius 1 is 0.904 bits per heavy atom. The molecule has 1 aromatic heterocycles. The van der Waals surface area contributed by atoms with E-state index in [0.717, 1.165) is 31.0 Å². The van der Waals surface area contributed by atoms with Crippen LogP contribution in [0.3, 0.4) is 0 Å². The van der Waals surface area contributed by atoms with E-state index in [2.05, 4.69) is 54.6 Å². The number of benzene rings is 4. The van der Waals surface area contributed by atoms with Gasteiger partial charge in [-0.25, -0.2) is 10.5 Å². The van der Waals surface area contributed by atoms with Crippen molar-refractivity contribution in [3.05, 3.63) is 72.0 Å². The number of nitrogens with one attached hydrogen (secondary N) is 2. The third-order valence-corrected chi connectivity index (χ3v) is 10.3. The average Bonchev–Trinajstić information content (AvgIpc) is 3.11. The largest absolute Gasteiger partial charge is 0.505 e. The predicted octanol–water partition coefficient (Wildman–Crippen LogP) is 8.30. The van der Waals surface area contributed by atoms with Gasteiger partial charge in [0.05, 0.1) is 46.3 Å². The Morgan fingerprint density at radius 3 is 2.27 bits per heavy atom. The van der Waals surface area contributed by atoms with Crippen molar-refractivity contribution in [2.45, 2.75) is 39.3 Å². The Labute approximate surface area is 310 Å². The van der Waals surface area contributed by atoms with E-state index in [9.17, 15) is 22.3 Å². The zero-order valence-electron chi connectivity index (χ0n) is 26.4. The van der Waals surface area contributed by atoms with E-state index in [0.29, 0.717) is 33.3 Å². The summed E-state index contributed by atoms with van der Waals surface area (Å²) in [7, 11) is -6.21. The van der Waals surface area contributed by atoms with Crippen molar-refractivity contribution in [3.8, 4) is 5.75 Å². The van der Waals surface area contributed by atoms with Crippen molar-refractivity contribution in [1.29, 1.82) is 0 Å². The highest BCUT2D eigenvalue weighted by molar-refractivity contribution is 7.94. The summed E-state index contributed by atoms with van der Waals surface area (Å²) in [6.07, 6.45) is 1.68. The highest BCUT2D eigenvalue weighted by atomic mass is 35.5. The number of fused-ring (bicyclic) bond motifs is 1. The normalized spacial score (nSPS) is 12.4. The second kappa shape index (κ2) is 18.1. The molecule has 0 aliphatic heterocycles. The van der Waals surface area contributed by atoms with Gasteiger partial charge in [-0.3, -0.25) is 8.76 Å². The molecule has 0 amide bonds. The van der Waals surface area contributed by atoms with E-state index in [4.69, 9.17) is 22.1 Å². The van der Waals surface area contributed by atoms with Crippen LogP contribution in [0.2, 0.25) is 5.28 Å². The van der Waals surface area contributed by atoms with Crippen molar-refractivity contribution >= 4 is 102 Å². The Kier molecular flexibility index (Phi) is 13.7. The number of unbranched alkanes of at least 4 members (excludes halogenated alkanes) is 1. The Balaban J connectivity index is 1.56. The highest BCUT2D eigenvalue weighted by Crippen LogP contribution is 2.46. The first-order valence-corrected chi connectivity index (χ1v) is 19.2. The molecule has 4 aromatic carbocycles. The number of azo groups is 1. The molecule has 23 heteroatoms. The molecular formula is C29H26ClN7O11S4. The zero-order chi connectivity index (χ0) is 37.3. The first-order chi connectivity index (χ1) is 25.0. The molecule has 0 saturated carbocycles. The molecular weight excluding hydrogens is 786 g/mol. The number of rotatable bonds is 17. The first kappa shape index (κ1) is 39.2. The predicted molar refractivity (Wildman–Crippen MR) is 191 cm³/mol. The van der Waals surface area contributed by atoms with E-state index < -0.39 is 37.3 Å². The van der Waals surface area contributed by atoms with Gasteiger partial charge in [0.2, 0.25) is 17.2 Å². The number of hydrogen-bond acceptors (Lipinski definition) is 19. The molecule has 0 saturated heterocycles. The van der Waals surface area contributed by atoms with Gasteiger partial charge in [-0.05, 0) is 84.1 Å². The second-order valence-corrected chi connectivity index (χ2v) is 15.0. The van der Waals surface area contributed by atoms with Crippen molar-refractivity contribution in [2.24, 2.45) is 10.2 Å². The molecule has 1 unspecified atom stereocenters. The molecule has 1 heterocycles. The van der Waals surface area contributed by atoms with Crippen LogP contribution >= 0.6 is 35.7 Å². The van der Waals surface area contributed by atoms with Crippen LogP contribution in [-0.2, 0) is 39.7 Å². The molecule has 0 spiro atoms. The number of aromatic hydroxyl groups is 1. The van der Waals surface area contributed by atoms with Crippen molar-refractivity contribution in [1.82, 2.24) is 15.0 Å². The van der Waals surface area contributed by atoms with Gasteiger partial charge in [-0.15, -0.1) is 13.8 Å². The van der Waals surface area contributed by atoms with Crippen LogP contribution < -0.4 is 10.6 Å². The third-order valence-electron chi connectivity index (χ3n) is 6.72. The molecule has 18 nitrogen and oxygen atoms in total. The minimum Gasteiger partial charge on any atom is -0.505 e.